The van der Waals surface area contributed by atoms with Gasteiger partial charge in [0.25, 0.3) is 0 Å². The zero-order chi connectivity index (χ0) is 103. The van der Waals surface area contributed by atoms with Gasteiger partial charge in [-0.25, -0.2) is 9.97 Å². The Morgan fingerprint density at radius 3 is 1.31 bits per heavy atom. The molecule has 0 saturated carbocycles. The number of hydrogen-bond donors (Lipinski definition) is 0. The van der Waals surface area contributed by atoms with E-state index in [4.69, 9.17) is 66.5 Å². The molecule has 22 rings (SSSR count). The molecule has 12 heteroatoms. The minimum absolute atomic E-state index is 0.0200. The summed E-state index contributed by atoms with van der Waals surface area (Å²) in [4.78, 5) is 27.5. The Hall–Kier alpha value is -14.1. The topological polar surface area (TPSA) is 140 Å². The number of aromatic nitrogens is 8. The van der Waals surface area contributed by atoms with Gasteiger partial charge < -0.3 is 17.7 Å². The molecule has 0 amide bonds. The van der Waals surface area contributed by atoms with E-state index in [-0.39, 0.29) is 116 Å². The van der Waals surface area contributed by atoms with E-state index in [1.807, 2.05) is 0 Å². The summed E-state index contributed by atoms with van der Waals surface area (Å²) in [5.41, 5.74) is -4.61. The van der Waals surface area contributed by atoms with Gasteiger partial charge in [-0.1, -0.05) is 230 Å². The molecule has 12 nitrogen and oxygen atoms in total. The Morgan fingerprint density at radius 2 is 0.716 bits per heavy atom. The maximum Gasteiger partial charge on any atom is 0.238 e. The fourth-order valence-electron chi connectivity index (χ4n) is 12.4. The first-order valence-electron chi connectivity index (χ1n) is 51.1. The Labute approximate surface area is 637 Å². The number of rotatable bonds is 8. The van der Waals surface area contributed by atoms with Crippen LogP contribution in [0.15, 0.2) is 332 Å². The highest BCUT2D eigenvalue weighted by Crippen LogP contribution is 2.44. The van der Waals surface area contributed by atoms with Crippen LogP contribution in [0.3, 0.4) is 0 Å². The summed E-state index contributed by atoms with van der Waals surface area (Å²) < 4.78 is 387. The zero-order valence-corrected chi connectivity index (χ0v) is 51.1. The number of hydrogen-bond acceptors (Lipinski definition) is 10. The third-order valence-corrected chi connectivity index (χ3v) is 16.8. The van der Waals surface area contributed by atoms with Crippen molar-refractivity contribution in [1.29, 1.82) is 0 Å². The summed E-state index contributed by atoms with van der Waals surface area (Å²) in [6, 6.07) is -9.95. The van der Waals surface area contributed by atoms with Crippen molar-refractivity contribution in [3.05, 3.63) is 314 Å². The quantitative estimate of drug-likeness (QED) is 0.144. The minimum atomic E-state index is -0.844. The first kappa shape index (κ1) is 29.9. The summed E-state index contributed by atoms with van der Waals surface area (Å²) in [7, 11) is 0. The number of nitrogens with zero attached hydrogens (tertiary/aromatic N) is 8. The molecule has 0 bridgehead atoms. The van der Waals surface area contributed by atoms with Gasteiger partial charge in [0, 0.05) is 86.9 Å². The van der Waals surface area contributed by atoms with E-state index in [2.05, 4.69) is 24.9 Å². The molecule has 476 valence electrons. The number of para-hydroxylation sites is 4. The number of furan rings is 4. The smallest absolute Gasteiger partial charge is 0.238 e. The molecule has 0 unspecified atom stereocenters. The first-order chi connectivity index (χ1) is 67.6. The van der Waals surface area contributed by atoms with Gasteiger partial charge in [0.05, 0.1) is 78.3 Å². The van der Waals surface area contributed by atoms with Crippen LogP contribution in [-0.2, 0) is 0 Å². The zero-order valence-electron chi connectivity index (χ0n) is 92.1. The van der Waals surface area contributed by atoms with Crippen molar-refractivity contribution in [2.45, 2.75) is 0 Å². The SMILES string of the molecule is [2H]c1c([2H])c([2H])c(-c2nc(-c3c([2H])c([2H])c4c(oc5c([2H])c([2H])c([2H])c(-c6ccccc6)c54)c3[2H])nc(-n3c4c([2H])c([2H])c([2H])c([2H])c4c4c([2H])c5oc6c([2H])c([2H])c([2H])c([2H])c6c5c([2H])c43)n2)c([2H])c1[2H].[2H]c1c([2H])c([2H])c(-c2nc(-c3ccc4c(c3)oc3cccc(-c5c([2H])c([2H])c([2H])c([2H])c5[2H])c34)nc(-n3c4c([2H])c([2H])c([2H])c([2H])c4c4c([2H])c5oc6c([2H])c([2H])c([2H])c([2H])c6c5c([2H])c43)n2)c([2H])c1[2H]. The lowest BCUT2D eigenvalue weighted by Crippen LogP contribution is -2.06. The third-order valence-electron chi connectivity index (χ3n) is 16.8. The Bertz CT molecular complexity index is 9690. The lowest BCUT2D eigenvalue weighted by Gasteiger charge is -2.11. The lowest BCUT2D eigenvalue weighted by atomic mass is 9.99. The highest BCUT2D eigenvalue weighted by Gasteiger charge is 2.25. The van der Waals surface area contributed by atoms with Crippen molar-refractivity contribution in [2.75, 3.05) is 0 Å². The van der Waals surface area contributed by atoms with Crippen molar-refractivity contribution in [2.24, 2.45) is 0 Å². The van der Waals surface area contributed by atoms with Gasteiger partial charge in [-0.05, 0) is 107 Å². The standard InChI is InChI=1S/2C45H26N4O2/c2*1-3-12-27(13-4-1)30-18-11-21-39-42(30)33-23-22-29(24-40(33)51-39)44-46-43(28-14-5-2-6-15-28)47-45(48-44)49-36-19-9-7-16-31(36)34-26-41-35(25-37(34)49)32-17-8-10-20-38(32)50-41/h2*1-26H/i2D,5D,6D,7D,8D,9D,10D,11D,14D,15D,16D,17D,18D,19D,20D,21D,22D,23D,24D,25D,26D;1D,2D,3D,4D,5D,6D,7D,8D,9D,10D,12D,13D,14D,15D,16D,17D,19D,20D,25D,26D. The van der Waals surface area contributed by atoms with Crippen LogP contribution in [-0.4, -0.2) is 39.0 Å². The molecular formula is C90H52N8O4. The van der Waals surface area contributed by atoms with E-state index in [0.29, 0.717) is 16.3 Å². The van der Waals surface area contributed by atoms with Gasteiger partial charge in [0.15, 0.2) is 23.3 Å². The summed E-state index contributed by atoms with van der Waals surface area (Å²) in [5.74, 6) is -3.56. The molecular weight excluding hydrogens is 1260 g/mol. The van der Waals surface area contributed by atoms with E-state index >= 15 is 0 Å². The number of benzene rings is 14. The molecule has 22 aromatic rings. The van der Waals surface area contributed by atoms with Gasteiger partial charge in [-0.2, -0.15) is 19.9 Å². The van der Waals surface area contributed by atoms with Crippen molar-refractivity contribution < 1.29 is 73.9 Å². The molecule has 0 saturated heterocycles. The summed E-state index contributed by atoms with van der Waals surface area (Å²) in [6.07, 6.45) is 0. The van der Waals surface area contributed by atoms with Crippen molar-refractivity contribution in [1.82, 2.24) is 39.0 Å². The van der Waals surface area contributed by atoms with Crippen molar-refractivity contribution >= 4 is 131 Å². The molecule has 8 heterocycles. The maximum absolute atomic E-state index is 9.77. The highest BCUT2D eigenvalue weighted by atomic mass is 16.3. The first-order valence-corrected chi connectivity index (χ1v) is 30.6. The maximum atomic E-state index is 9.77. The average Bonchev–Trinajstić information content (AvgIpc) is 1.53. The summed E-state index contributed by atoms with van der Waals surface area (Å²) in [5, 5.41) is -2.00. The van der Waals surface area contributed by atoms with Crippen molar-refractivity contribution in [3.63, 3.8) is 0 Å². The van der Waals surface area contributed by atoms with Crippen LogP contribution in [0.25, 0.3) is 211 Å². The van der Waals surface area contributed by atoms with Gasteiger partial charge in [-0.3, -0.25) is 9.13 Å². The van der Waals surface area contributed by atoms with Crippen LogP contribution in [0.2, 0.25) is 0 Å². The summed E-state index contributed by atoms with van der Waals surface area (Å²) in [6.45, 7) is 0. The largest absolute Gasteiger partial charge is 0.456 e. The second-order valence-corrected chi connectivity index (χ2v) is 22.5. The molecule has 0 fully saturated rings. The van der Waals surface area contributed by atoms with Crippen LogP contribution < -0.4 is 0 Å². The van der Waals surface area contributed by atoms with E-state index in [1.54, 1.807) is 54.6 Å². The van der Waals surface area contributed by atoms with Crippen LogP contribution in [0.5, 0.6) is 0 Å². The Kier molecular flexibility index (Phi) is 6.68. The van der Waals surface area contributed by atoms with Gasteiger partial charge in [0.2, 0.25) is 11.9 Å². The van der Waals surface area contributed by atoms with Crippen LogP contribution in [0, 0.1) is 0 Å². The fourth-order valence-corrected chi connectivity index (χ4v) is 12.4. The monoisotopic (exact) mass is 1350 g/mol. The lowest BCUT2D eigenvalue weighted by molar-refractivity contribution is 0.668. The average molecular weight is 1350 g/mol. The molecule has 102 heavy (non-hydrogen) atoms. The van der Waals surface area contributed by atoms with Crippen molar-refractivity contribution in [3.8, 4) is 79.7 Å². The molecule has 0 aliphatic heterocycles. The van der Waals surface area contributed by atoms with Gasteiger partial charge in [-0.15, -0.1) is 0 Å². The number of fused-ring (bicyclic) bond motifs is 18. The predicted molar refractivity (Wildman–Crippen MR) is 410 cm³/mol. The van der Waals surface area contributed by atoms with Gasteiger partial charge >= 0.3 is 0 Å². The van der Waals surface area contributed by atoms with Crippen LogP contribution >= 0.6 is 0 Å². The van der Waals surface area contributed by atoms with Crippen LogP contribution in [0.1, 0.15) is 56.2 Å². The second-order valence-electron chi connectivity index (χ2n) is 22.5. The summed E-state index contributed by atoms with van der Waals surface area (Å²) >= 11 is 0. The van der Waals surface area contributed by atoms with E-state index in [1.165, 1.54) is 12.1 Å². The molecule has 0 atom stereocenters. The Balaban J connectivity index is 0.000000169. The van der Waals surface area contributed by atoms with E-state index in [9.17, 15) is 12.3 Å². The Morgan fingerprint density at radius 1 is 0.235 bits per heavy atom. The molecule has 0 radical (unpaired) electrons. The van der Waals surface area contributed by atoms with Crippen LogP contribution in [0.4, 0.5) is 0 Å². The molecule has 0 aliphatic carbocycles. The van der Waals surface area contributed by atoms with E-state index < -0.39 is 327 Å². The normalized spacial score (nSPS) is 17.5. The molecule has 0 N–H and O–H groups in total. The molecule has 14 aromatic carbocycles. The third kappa shape index (κ3) is 9.17. The molecule has 0 aliphatic rings. The molecule has 0 spiro atoms. The highest BCUT2D eigenvalue weighted by molar-refractivity contribution is 6.19. The van der Waals surface area contributed by atoms with Gasteiger partial charge in [0.1, 0.15) is 44.7 Å². The minimum Gasteiger partial charge on any atom is -0.456 e. The fraction of sp³-hybridized carbons (Fsp3) is 0. The predicted octanol–water partition coefficient (Wildman–Crippen LogP) is 23.5. The second kappa shape index (κ2) is 22.7. The molecule has 8 aromatic heterocycles. The van der Waals surface area contributed by atoms with E-state index in [0.717, 1.165) is 9.13 Å².